The quantitative estimate of drug-likeness (QED) is 0.389. The number of nitrogens with zero attached hydrogens (tertiary/aromatic N) is 3. The molecule has 2 aromatic carbocycles. The lowest BCUT2D eigenvalue weighted by Gasteiger charge is -2.00. The van der Waals surface area contributed by atoms with Crippen molar-refractivity contribution in [3.63, 3.8) is 0 Å². The summed E-state index contributed by atoms with van der Waals surface area (Å²) in [5, 5.41) is 5.05. The average Bonchev–Trinajstić information content (AvgIpc) is 3.43. The van der Waals surface area contributed by atoms with Crippen LogP contribution in [0.3, 0.4) is 0 Å². The number of rotatable bonds is 5. The minimum Gasteiger partial charge on any atom is -0.361 e. The molecule has 0 aliphatic rings. The first kappa shape index (κ1) is 19.5. The highest BCUT2D eigenvalue weighted by atomic mass is 32.1. The van der Waals surface area contributed by atoms with Crippen molar-refractivity contribution in [1.29, 1.82) is 0 Å². The summed E-state index contributed by atoms with van der Waals surface area (Å²) in [5.74, 6) is 0. The van der Waals surface area contributed by atoms with Crippen molar-refractivity contribution in [3.8, 4) is 5.13 Å². The monoisotopic (exact) mass is 429 g/mol. The molecule has 0 fully saturated rings. The second-order valence-electron chi connectivity index (χ2n) is 7.80. The number of aryl methyl sites for hydroxylation is 2. The summed E-state index contributed by atoms with van der Waals surface area (Å²) >= 11 is 1.49. The van der Waals surface area contributed by atoms with E-state index in [4.69, 9.17) is 4.99 Å². The van der Waals surface area contributed by atoms with Crippen LogP contribution in [-0.2, 0) is 6.42 Å². The maximum Gasteiger partial charge on any atom is 0.282 e. The van der Waals surface area contributed by atoms with Crippen LogP contribution >= 0.6 is 11.3 Å². The number of fused-ring (bicyclic) bond motifs is 2. The molecule has 7 heteroatoms. The van der Waals surface area contributed by atoms with E-state index in [1.165, 1.54) is 32.5 Å². The summed E-state index contributed by atoms with van der Waals surface area (Å²) in [6, 6.07) is 14.3. The van der Waals surface area contributed by atoms with Crippen LogP contribution in [0.15, 0.2) is 58.4 Å². The summed E-state index contributed by atoms with van der Waals surface area (Å²) in [7, 11) is 0. The predicted molar refractivity (Wildman–Crippen MR) is 128 cm³/mol. The summed E-state index contributed by atoms with van der Waals surface area (Å²) < 4.78 is 2.58. The lowest BCUT2D eigenvalue weighted by Crippen LogP contribution is -2.19. The molecule has 0 aliphatic heterocycles. The van der Waals surface area contributed by atoms with Crippen molar-refractivity contribution in [2.24, 2.45) is 4.99 Å². The first-order valence-electron chi connectivity index (χ1n) is 10.3. The van der Waals surface area contributed by atoms with E-state index in [0.717, 1.165) is 33.6 Å². The third-order valence-electron chi connectivity index (χ3n) is 5.56. The molecule has 3 heterocycles. The lowest BCUT2D eigenvalue weighted by molar-refractivity contribution is 0.829. The molecular formula is C24H23N5OS. The van der Waals surface area contributed by atoms with E-state index in [1.807, 2.05) is 38.1 Å². The highest BCUT2D eigenvalue weighted by Crippen LogP contribution is 2.24. The van der Waals surface area contributed by atoms with Gasteiger partial charge in [0.15, 0.2) is 0 Å². The van der Waals surface area contributed by atoms with Crippen LogP contribution in [0.25, 0.3) is 26.3 Å². The number of nitrogens with one attached hydrogen (secondary N) is 2. The van der Waals surface area contributed by atoms with Gasteiger partial charge in [0.05, 0.1) is 15.8 Å². The minimum absolute atomic E-state index is 0.111. The van der Waals surface area contributed by atoms with E-state index >= 15 is 0 Å². The number of aromatic amines is 2. The summed E-state index contributed by atoms with van der Waals surface area (Å²) in [4.78, 5) is 25.8. The van der Waals surface area contributed by atoms with Crippen LogP contribution in [0.5, 0.6) is 0 Å². The summed E-state index contributed by atoms with van der Waals surface area (Å²) in [5.41, 5.74) is 6.57. The average molecular weight is 430 g/mol. The SMILES string of the molecule is CC(=NCCc1c[nH]c2ccc(C)cc12)c1c(C)[nH]n(-c2nc3ccccc3s2)c1=O. The third kappa shape index (κ3) is 3.51. The number of para-hydroxylation sites is 1. The van der Waals surface area contributed by atoms with Crippen molar-refractivity contribution < 1.29 is 0 Å². The molecule has 0 aliphatic carbocycles. The Morgan fingerprint density at radius 1 is 1.19 bits per heavy atom. The van der Waals surface area contributed by atoms with Crippen molar-refractivity contribution in [2.45, 2.75) is 27.2 Å². The standard InChI is InChI=1S/C24H23N5OS/c1-14-8-9-19-18(12-14)17(13-26-19)10-11-25-15(2)22-16(3)28-29(23(22)30)24-27-20-6-4-5-7-21(20)31-24/h4-9,12-13,26,28H,10-11H2,1-3H3. The highest BCUT2D eigenvalue weighted by Gasteiger charge is 2.17. The molecular weight excluding hydrogens is 406 g/mol. The van der Waals surface area contributed by atoms with Gasteiger partial charge >= 0.3 is 0 Å². The fourth-order valence-corrected chi connectivity index (χ4v) is 4.91. The zero-order chi connectivity index (χ0) is 21.5. The number of aliphatic imine (C=N–C) groups is 1. The summed E-state index contributed by atoms with van der Waals surface area (Å²) in [6.45, 7) is 6.53. The van der Waals surface area contributed by atoms with Gasteiger partial charge in [-0.15, -0.1) is 0 Å². The first-order chi connectivity index (χ1) is 15.0. The minimum atomic E-state index is -0.111. The number of hydrogen-bond donors (Lipinski definition) is 2. The van der Waals surface area contributed by atoms with Crippen molar-refractivity contribution in [2.75, 3.05) is 6.54 Å². The number of hydrogen-bond acceptors (Lipinski definition) is 4. The van der Waals surface area contributed by atoms with Gasteiger partial charge in [-0.05, 0) is 57.0 Å². The maximum atomic E-state index is 13.1. The Balaban J connectivity index is 1.41. The zero-order valence-electron chi connectivity index (χ0n) is 17.7. The van der Waals surface area contributed by atoms with Crippen molar-refractivity contribution >= 4 is 38.2 Å². The zero-order valence-corrected chi connectivity index (χ0v) is 18.5. The number of benzene rings is 2. The Hall–Kier alpha value is -3.45. The smallest absolute Gasteiger partial charge is 0.282 e. The molecule has 3 aromatic heterocycles. The molecule has 0 radical (unpaired) electrons. The maximum absolute atomic E-state index is 13.1. The van der Waals surface area contributed by atoms with Gasteiger partial charge in [0.2, 0.25) is 5.13 Å². The van der Waals surface area contributed by atoms with Gasteiger partial charge in [0.1, 0.15) is 0 Å². The second kappa shape index (κ2) is 7.67. The van der Waals surface area contributed by atoms with E-state index in [1.54, 1.807) is 0 Å². The van der Waals surface area contributed by atoms with Crippen LogP contribution in [-0.4, -0.2) is 32.0 Å². The molecule has 2 N–H and O–H groups in total. The van der Waals surface area contributed by atoms with Crippen LogP contribution < -0.4 is 5.56 Å². The van der Waals surface area contributed by atoms with E-state index < -0.39 is 0 Å². The van der Waals surface area contributed by atoms with E-state index in [2.05, 4.69) is 46.4 Å². The predicted octanol–water partition coefficient (Wildman–Crippen LogP) is 4.93. The first-order valence-corrected chi connectivity index (χ1v) is 11.1. The van der Waals surface area contributed by atoms with Gasteiger partial charge in [-0.25, -0.2) is 4.98 Å². The largest absolute Gasteiger partial charge is 0.361 e. The molecule has 31 heavy (non-hydrogen) atoms. The van der Waals surface area contributed by atoms with E-state index in [0.29, 0.717) is 17.2 Å². The molecule has 0 saturated heterocycles. The molecule has 0 saturated carbocycles. The molecule has 0 unspecified atom stereocenters. The fraction of sp³-hybridized carbons (Fsp3) is 0.208. The number of thiazole rings is 1. The third-order valence-corrected chi connectivity index (χ3v) is 6.58. The Bertz CT molecular complexity index is 1460. The van der Waals surface area contributed by atoms with Gasteiger partial charge < -0.3 is 4.98 Å². The molecule has 6 nitrogen and oxygen atoms in total. The van der Waals surface area contributed by atoms with Gasteiger partial charge in [-0.1, -0.05) is 35.1 Å². The van der Waals surface area contributed by atoms with Crippen LogP contribution in [0.2, 0.25) is 0 Å². The number of aromatic nitrogens is 4. The molecule has 0 spiro atoms. The second-order valence-corrected chi connectivity index (χ2v) is 8.81. The Labute approximate surface area is 183 Å². The lowest BCUT2D eigenvalue weighted by atomic mass is 10.1. The van der Waals surface area contributed by atoms with Gasteiger partial charge in [0.25, 0.3) is 5.56 Å². The molecule has 5 aromatic rings. The van der Waals surface area contributed by atoms with Crippen LogP contribution in [0.4, 0.5) is 0 Å². The van der Waals surface area contributed by atoms with Gasteiger partial charge in [0, 0.05) is 35.1 Å². The molecule has 0 bridgehead atoms. The van der Waals surface area contributed by atoms with Gasteiger partial charge in [-0.2, -0.15) is 4.68 Å². The van der Waals surface area contributed by atoms with Crippen molar-refractivity contribution in [1.82, 2.24) is 19.7 Å². The molecule has 0 amide bonds. The number of H-pyrrole nitrogens is 2. The molecule has 5 rings (SSSR count). The molecule has 0 atom stereocenters. The van der Waals surface area contributed by atoms with Crippen molar-refractivity contribution in [3.05, 3.63) is 81.4 Å². The van der Waals surface area contributed by atoms with E-state index in [9.17, 15) is 4.79 Å². The van der Waals surface area contributed by atoms with Crippen LogP contribution in [0.1, 0.15) is 29.3 Å². The molecule has 156 valence electrons. The Kier molecular flexibility index (Phi) is 4.82. The summed E-state index contributed by atoms with van der Waals surface area (Å²) in [6.07, 6.45) is 2.87. The normalized spacial score (nSPS) is 12.3. The topological polar surface area (TPSA) is 78.8 Å². The van der Waals surface area contributed by atoms with Gasteiger partial charge in [-0.3, -0.25) is 14.9 Å². The van der Waals surface area contributed by atoms with E-state index in [-0.39, 0.29) is 5.56 Å². The van der Waals surface area contributed by atoms with Crippen LogP contribution in [0, 0.1) is 13.8 Å². The fourth-order valence-electron chi connectivity index (χ4n) is 3.99. The highest BCUT2D eigenvalue weighted by molar-refractivity contribution is 7.20. The Morgan fingerprint density at radius 2 is 2.03 bits per heavy atom. The Morgan fingerprint density at radius 3 is 2.87 bits per heavy atom.